The summed E-state index contributed by atoms with van der Waals surface area (Å²) in [5.41, 5.74) is 4.13. The maximum Gasteiger partial charge on any atom is 0.142 e. The molecule has 1 fully saturated rings. The van der Waals surface area contributed by atoms with Crippen LogP contribution in [-0.2, 0) is 0 Å². The van der Waals surface area contributed by atoms with Gasteiger partial charge in [0.05, 0.1) is 12.8 Å². The molecule has 1 aliphatic carbocycles. The first-order valence-corrected chi connectivity index (χ1v) is 7.14. The summed E-state index contributed by atoms with van der Waals surface area (Å²) in [6.07, 6.45) is 3.98. The third-order valence-corrected chi connectivity index (χ3v) is 4.44. The quantitative estimate of drug-likeness (QED) is 0.826. The van der Waals surface area contributed by atoms with Gasteiger partial charge in [0.25, 0.3) is 0 Å². The second-order valence-corrected chi connectivity index (χ2v) is 5.87. The third-order valence-electron chi connectivity index (χ3n) is 4.44. The molecule has 3 heteroatoms. The fourth-order valence-electron chi connectivity index (χ4n) is 2.85. The van der Waals surface area contributed by atoms with Gasteiger partial charge in [-0.25, -0.2) is 0 Å². The van der Waals surface area contributed by atoms with Gasteiger partial charge in [-0.3, -0.25) is 0 Å². The van der Waals surface area contributed by atoms with Crippen LogP contribution < -0.4 is 15.4 Å². The smallest absolute Gasteiger partial charge is 0.142 e. The van der Waals surface area contributed by atoms with Gasteiger partial charge < -0.3 is 15.4 Å². The van der Waals surface area contributed by atoms with Crippen molar-refractivity contribution in [1.29, 1.82) is 0 Å². The fourth-order valence-corrected chi connectivity index (χ4v) is 2.85. The topological polar surface area (TPSA) is 33.3 Å². The summed E-state index contributed by atoms with van der Waals surface area (Å²) in [4.78, 5) is 0. The molecule has 0 unspecified atom stereocenters. The predicted molar refractivity (Wildman–Crippen MR) is 81.2 cm³/mol. The molecule has 0 amide bonds. The van der Waals surface area contributed by atoms with Crippen molar-refractivity contribution >= 4 is 5.69 Å². The molecule has 106 valence electrons. The molecule has 1 aromatic carbocycles. The number of methoxy groups -OCH3 is 1. The summed E-state index contributed by atoms with van der Waals surface area (Å²) in [6.45, 7) is 6.38. The van der Waals surface area contributed by atoms with E-state index in [9.17, 15) is 0 Å². The zero-order valence-electron chi connectivity index (χ0n) is 12.6. The van der Waals surface area contributed by atoms with Crippen molar-refractivity contribution in [3.05, 3.63) is 23.3 Å². The number of rotatable bonds is 6. The molecular formula is C16H26N2O. The van der Waals surface area contributed by atoms with Gasteiger partial charge in [0, 0.05) is 18.5 Å². The van der Waals surface area contributed by atoms with Crippen LogP contribution in [0.3, 0.4) is 0 Å². The van der Waals surface area contributed by atoms with E-state index in [2.05, 4.69) is 36.6 Å². The van der Waals surface area contributed by atoms with E-state index in [1.165, 1.54) is 30.4 Å². The maximum absolute atomic E-state index is 5.48. The normalized spacial score (nSPS) is 16.8. The van der Waals surface area contributed by atoms with Crippen LogP contribution in [-0.4, -0.2) is 27.2 Å². The SMILES string of the molecule is CNCC1(CNc2cc(C)c(C)cc2OC)CCC1. The van der Waals surface area contributed by atoms with Crippen molar-refractivity contribution in [3.8, 4) is 5.75 Å². The van der Waals surface area contributed by atoms with Crippen LogP contribution >= 0.6 is 0 Å². The lowest BCUT2D eigenvalue weighted by atomic mass is 9.68. The lowest BCUT2D eigenvalue weighted by molar-refractivity contribution is 0.151. The van der Waals surface area contributed by atoms with Gasteiger partial charge in [0.1, 0.15) is 5.75 Å². The number of benzene rings is 1. The molecule has 0 heterocycles. The number of hydrogen-bond acceptors (Lipinski definition) is 3. The minimum absolute atomic E-state index is 0.429. The highest BCUT2D eigenvalue weighted by Gasteiger charge is 2.36. The van der Waals surface area contributed by atoms with Crippen LogP contribution in [0.1, 0.15) is 30.4 Å². The Bertz CT molecular complexity index is 439. The van der Waals surface area contributed by atoms with Gasteiger partial charge in [0.2, 0.25) is 0 Å². The minimum Gasteiger partial charge on any atom is -0.495 e. The molecule has 0 aromatic heterocycles. The van der Waals surface area contributed by atoms with Gasteiger partial charge >= 0.3 is 0 Å². The monoisotopic (exact) mass is 262 g/mol. The Balaban J connectivity index is 2.08. The van der Waals surface area contributed by atoms with Crippen molar-refractivity contribution in [1.82, 2.24) is 5.32 Å². The van der Waals surface area contributed by atoms with Crippen LogP contribution in [0.25, 0.3) is 0 Å². The lowest BCUT2D eigenvalue weighted by Gasteiger charge is -2.42. The van der Waals surface area contributed by atoms with E-state index >= 15 is 0 Å². The summed E-state index contributed by atoms with van der Waals surface area (Å²) in [5.74, 6) is 0.946. The van der Waals surface area contributed by atoms with Crippen molar-refractivity contribution in [3.63, 3.8) is 0 Å². The van der Waals surface area contributed by atoms with Crippen molar-refractivity contribution in [2.45, 2.75) is 33.1 Å². The van der Waals surface area contributed by atoms with E-state index in [-0.39, 0.29) is 0 Å². The number of aryl methyl sites for hydroxylation is 2. The zero-order chi connectivity index (χ0) is 13.9. The fraction of sp³-hybridized carbons (Fsp3) is 0.625. The van der Waals surface area contributed by atoms with Crippen molar-refractivity contribution in [2.24, 2.45) is 5.41 Å². The van der Waals surface area contributed by atoms with Gasteiger partial charge in [-0.05, 0) is 57.0 Å². The molecule has 2 N–H and O–H groups in total. The first-order chi connectivity index (χ1) is 9.10. The molecule has 1 aromatic rings. The zero-order valence-corrected chi connectivity index (χ0v) is 12.6. The lowest BCUT2D eigenvalue weighted by Crippen LogP contribution is -2.44. The second kappa shape index (κ2) is 5.83. The second-order valence-electron chi connectivity index (χ2n) is 5.87. The van der Waals surface area contributed by atoms with Gasteiger partial charge in [0.15, 0.2) is 0 Å². The van der Waals surface area contributed by atoms with Crippen LogP contribution in [0.4, 0.5) is 5.69 Å². The standard InChI is InChI=1S/C16H26N2O/c1-12-8-14(15(19-4)9-13(12)2)18-11-16(10-17-3)6-5-7-16/h8-9,17-18H,5-7,10-11H2,1-4H3. The molecule has 3 nitrogen and oxygen atoms in total. The molecular weight excluding hydrogens is 236 g/mol. The first kappa shape index (κ1) is 14.2. The van der Waals surface area contributed by atoms with E-state index in [1.54, 1.807) is 7.11 Å². The Morgan fingerprint density at radius 1 is 1.16 bits per heavy atom. The third kappa shape index (κ3) is 3.03. The average Bonchev–Trinajstić information content (AvgIpc) is 2.36. The van der Waals surface area contributed by atoms with Gasteiger partial charge in [-0.1, -0.05) is 6.42 Å². The van der Waals surface area contributed by atoms with E-state index in [1.807, 2.05) is 7.05 Å². The molecule has 1 aliphatic rings. The highest BCUT2D eigenvalue weighted by atomic mass is 16.5. The van der Waals surface area contributed by atoms with Crippen molar-refractivity contribution in [2.75, 3.05) is 32.6 Å². The Hall–Kier alpha value is -1.22. The van der Waals surface area contributed by atoms with Crippen LogP contribution in [0.15, 0.2) is 12.1 Å². The van der Waals surface area contributed by atoms with Gasteiger partial charge in [-0.2, -0.15) is 0 Å². The van der Waals surface area contributed by atoms with E-state index in [0.717, 1.165) is 24.5 Å². The average molecular weight is 262 g/mol. The summed E-state index contributed by atoms with van der Waals surface area (Å²) in [5, 5.41) is 6.92. The number of ether oxygens (including phenoxy) is 1. The number of hydrogen-bond donors (Lipinski definition) is 2. The molecule has 0 atom stereocenters. The Labute approximate surface area is 116 Å². The Morgan fingerprint density at radius 2 is 1.84 bits per heavy atom. The van der Waals surface area contributed by atoms with E-state index in [4.69, 9.17) is 4.74 Å². The highest BCUT2D eigenvalue weighted by Crippen LogP contribution is 2.41. The van der Waals surface area contributed by atoms with E-state index in [0.29, 0.717) is 5.41 Å². The molecule has 19 heavy (non-hydrogen) atoms. The Morgan fingerprint density at radius 3 is 2.37 bits per heavy atom. The highest BCUT2D eigenvalue weighted by molar-refractivity contribution is 5.60. The van der Waals surface area contributed by atoms with Gasteiger partial charge in [-0.15, -0.1) is 0 Å². The predicted octanol–water partition coefficient (Wildman–Crippen LogP) is 3.11. The largest absolute Gasteiger partial charge is 0.495 e. The van der Waals surface area contributed by atoms with Crippen LogP contribution in [0, 0.1) is 19.3 Å². The van der Waals surface area contributed by atoms with Crippen LogP contribution in [0.5, 0.6) is 5.75 Å². The summed E-state index contributed by atoms with van der Waals surface area (Å²) in [6, 6.07) is 4.31. The maximum atomic E-state index is 5.48. The molecule has 0 radical (unpaired) electrons. The first-order valence-electron chi connectivity index (χ1n) is 7.14. The van der Waals surface area contributed by atoms with E-state index < -0.39 is 0 Å². The summed E-state index contributed by atoms with van der Waals surface area (Å²) >= 11 is 0. The minimum atomic E-state index is 0.429. The molecule has 0 spiro atoms. The molecule has 0 saturated heterocycles. The van der Waals surface area contributed by atoms with Crippen LogP contribution in [0.2, 0.25) is 0 Å². The Kier molecular flexibility index (Phi) is 4.35. The molecule has 0 aliphatic heterocycles. The number of anilines is 1. The van der Waals surface area contributed by atoms with Crippen molar-refractivity contribution < 1.29 is 4.74 Å². The molecule has 0 bridgehead atoms. The number of nitrogens with one attached hydrogen (secondary N) is 2. The molecule has 1 saturated carbocycles. The molecule has 2 rings (SSSR count). The summed E-state index contributed by atoms with van der Waals surface area (Å²) < 4.78 is 5.48. The summed E-state index contributed by atoms with van der Waals surface area (Å²) in [7, 11) is 3.78.